The van der Waals surface area contributed by atoms with Gasteiger partial charge in [-0.05, 0) is 51.4 Å². The summed E-state index contributed by atoms with van der Waals surface area (Å²) in [6.07, 6.45) is 2.54. The van der Waals surface area contributed by atoms with Crippen LogP contribution < -0.4 is 5.32 Å². The summed E-state index contributed by atoms with van der Waals surface area (Å²) in [6.45, 7) is 9.40. The van der Waals surface area contributed by atoms with Crippen molar-refractivity contribution in [2.45, 2.75) is 33.2 Å². The van der Waals surface area contributed by atoms with Crippen LogP contribution >= 0.6 is 11.6 Å². The van der Waals surface area contributed by atoms with Gasteiger partial charge in [0.1, 0.15) is 11.0 Å². The summed E-state index contributed by atoms with van der Waals surface area (Å²) in [7, 11) is 0. The Morgan fingerprint density at radius 1 is 1.37 bits per heavy atom. The van der Waals surface area contributed by atoms with Gasteiger partial charge in [-0.3, -0.25) is 4.90 Å². The Hall–Kier alpha value is -0.710. The molecular weight excluding hydrogens is 260 g/mol. The van der Waals surface area contributed by atoms with Gasteiger partial charge in [-0.2, -0.15) is 0 Å². The van der Waals surface area contributed by atoms with Crippen molar-refractivity contribution >= 4 is 11.6 Å². The summed E-state index contributed by atoms with van der Waals surface area (Å²) in [6, 6.07) is 1.80. The molecule has 0 aromatic carbocycles. The average molecular weight is 283 g/mol. The van der Waals surface area contributed by atoms with E-state index in [2.05, 4.69) is 27.1 Å². The fourth-order valence-corrected chi connectivity index (χ4v) is 2.85. The Morgan fingerprint density at radius 2 is 2.11 bits per heavy atom. The van der Waals surface area contributed by atoms with Gasteiger partial charge in [-0.15, -0.1) is 0 Å². The second kappa shape index (κ2) is 7.17. The minimum Gasteiger partial charge on any atom is -0.317 e. The molecule has 106 valence electrons. The lowest BCUT2D eigenvalue weighted by Gasteiger charge is -2.28. The van der Waals surface area contributed by atoms with Crippen LogP contribution in [0.15, 0.2) is 6.07 Å². The van der Waals surface area contributed by atoms with Crippen LogP contribution in [0.4, 0.5) is 0 Å². The number of aromatic nitrogens is 2. The lowest BCUT2D eigenvalue weighted by Crippen LogP contribution is -2.36. The number of nitrogens with zero attached hydrogens (tertiary/aromatic N) is 3. The van der Waals surface area contributed by atoms with Crippen LogP contribution in [0.1, 0.15) is 31.3 Å². The van der Waals surface area contributed by atoms with Crippen LogP contribution in [-0.4, -0.2) is 41.0 Å². The van der Waals surface area contributed by atoms with E-state index >= 15 is 0 Å². The van der Waals surface area contributed by atoms with Crippen LogP contribution in [-0.2, 0) is 6.54 Å². The number of piperidine rings is 1. The third-order valence-corrected chi connectivity index (χ3v) is 3.85. The van der Waals surface area contributed by atoms with Gasteiger partial charge in [0, 0.05) is 12.2 Å². The topological polar surface area (TPSA) is 41.1 Å². The third kappa shape index (κ3) is 4.71. The number of hydrogen-bond donors (Lipinski definition) is 1. The van der Waals surface area contributed by atoms with E-state index in [4.69, 9.17) is 11.6 Å². The number of rotatable bonds is 5. The Balaban J connectivity index is 1.93. The molecule has 0 bridgehead atoms. The molecule has 1 N–H and O–H groups in total. The summed E-state index contributed by atoms with van der Waals surface area (Å²) in [4.78, 5) is 11.2. The Morgan fingerprint density at radius 3 is 2.74 bits per heavy atom. The zero-order valence-electron chi connectivity index (χ0n) is 11.8. The fraction of sp³-hybridized carbons (Fsp3) is 0.714. The van der Waals surface area contributed by atoms with Crippen molar-refractivity contribution in [1.29, 1.82) is 0 Å². The first-order valence-electron chi connectivity index (χ1n) is 7.10. The molecule has 5 heteroatoms. The number of nitrogens with one attached hydrogen (secondary N) is 1. The van der Waals surface area contributed by atoms with Gasteiger partial charge < -0.3 is 5.32 Å². The molecule has 1 saturated heterocycles. The lowest BCUT2D eigenvalue weighted by molar-refractivity contribution is 0.203. The van der Waals surface area contributed by atoms with Crippen molar-refractivity contribution in [1.82, 2.24) is 20.2 Å². The third-order valence-electron chi connectivity index (χ3n) is 3.66. The molecule has 0 atom stereocenters. The molecule has 1 aromatic heterocycles. The van der Waals surface area contributed by atoms with E-state index in [0.29, 0.717) is 5.15 Å². The minimum absolute atomic E-state index is 0.542. The molecule has 2 heterocycles. The van der Waals surface area contributed by atoms with Gasteiger partial charge in [0.2, 0.25) is 0 Å². The molecule has 0 spiro atoms. The molecule has 19 heavy (non-hydrogen) atoms. The maximum absolute atomic E-state index is 5.99. The zero-order chi connectivity index (χ0) is 13.7. The molecule has 0 saturated carbocycles. The summed E-state index contributed by atoms with van der Waals surface area (Å²) in [5.74, 6) is 1.63. The Kier molecular flexibility index (Phi) is 5.55. The molecule has 1 aromatic rings. The second-order valence-electron chi connectivity index (χ2n) is 5.27. The monoisotopic (exact) mass is 282 g/mol. The molecule has 0 aliphatic carbocycles. The average Bonchev–Trinajstić information content (AvgIpc) is 2.38. The summed E-state index contributed by atoms with van der Waals surface area (Å²) in [5.41, 5.74) is 0.938. The summed E-state index contributed by atoms with van der Waals surface area (Å²) < 4.78 is 0. The Bertz CT molecular complexity index is 384. The highest BCUT2D eigenvalue weighted by molar-refractivity contribution is 6.29. The SMILES string of the molecule is CCN(Cc1nc(C)cc(Cl)n1)CC1CCNCC1. The van der Waals surface area contributed by atoms with Crippen LogP contribution in [0.5, 0.6) is 0 Å². The van der Waals surface area contributed by atoms with Gasteiger partial charge >= 0.3 is 0 Å². The van der Waals surface area contributed by atoms with E-state index in [0.717, 1.165) is 50.2 Å². The lowest BCUT2D eigenvalue weighted by atomic mass is 9.97. The van der Waals surface area contributed by atoms with Crippen LogP contribution in [0.2, 0.25) is 5.15 Å². The molecular formula is C14H23ClN4. The van der Waals surface area contributed by atoms with E-state index in [9.17, 15) is 0 Å². The maximum Gasteiger partial charge on any atom is 0.144 e. The van der Waals surface area contributed by atoms with Crippen molar-refractivity contribution < 1.29 is 0 Å². The van der Waals surface area contributed by atoms with E-state index in [1.807, 2.05) is 6.92 Å². The predicted octanol–water partition coefficient (Wildman–Crippen LogP) is 2.26. The van der Waals surface area contributed by atoms with Gasteiger partial charge in [-0.1, -0.05) is 18.5 Å². The molecule has 1 aliphatic heterocycles. The van der Waals surface area contributed by atoms with E-state index in [1.54, 1.807) is 6.07 Å². The smallest absolute Gasteiger partial charge is 0.144 e. The standard InChI is InChI=1S/C14H23ClN4/c1-3-19(9-12-4-6-16-7-5-12)10-14-17-11(2)8-13(15)18-14/h8,12,16H,3-7,9-10H2,1-2H3. The first-order chi connectivity index (χ1) is 9.17. The van der Waals surface area contributed by atoms with Crippen molar-refractivity contribution in [3.8, 4) is 0 Å². The van der Waals surface area contributed by atoms with Crippen LogP contribution in [0, 0.1) is 12.8 Å². The molecule has 0 unspecified atom stereocenters. The van der Waals surface area contributed by atoms with Crippen molar-refractivity contribution in [3.63, 3.8) is 0 Å². The molecule has 1 fully saturated rings. The van der Waals surface area contributed by atoms with Gasteiger partial charge in [0.15, 0.2) is 0 Å². The largest absolute Gasteiger partial charge is 0.317 e. The maximum atomic E-state index is 5.99. The highest BCUT2D eigenvalue weighted by Crippen LogP contribution is 2.15. The highest BCUT2D eigenvalue weighted by Gasteiger charge is 2.17. The Labute approximate surface area is 120 Å². The molecule has 2 rings (SSSR count). The molecule has 0 amide bonds. The quantitative estimate of drug-likeness (QED) is 0.841. The number of hydrogen-bond acceptors (Lipinski definition) is 4. The molecule has 4 nitrogen and oxygen atoms in total. The van der Waals surface area contributed by atoms with Gasteiger partial charge in [0.25, 0.3) is 0 Å². The van der Waals surface area contributed by atoms with Crippen molar-refractivity contribution in [2.24, 2.45) is 5.92 Å². The van der Waals surface area contributed by atoms with Crippen molar-refractivity contribution in [2.75, 3.05) is 26.2 Å². The molecule has 1 aliphatic rings. The number of aryl methyl sites for hydroxylation is 1. The normalized spacial score (nSPS) is 17.1. The number of halogens is 1. The van der Waals surface area contributed by atoms with Crippen molar-refractivity contribution in [3.05, 3.63) is 22.7 Å². The van der Waals surface area contributed by atoms with E-state index in [1.165, 1.54) is 12.8 Å². The van der Waals surface area contributed by atoms with Crippen LogP contribution in [0.3, 0.4) is 0 Å². The predicted molar refractivity (Wildman–Crippen MR) is 78.3 cm³/mol. The summed E-state index contributed by atoms with van der Waals surface area (Å²) in [5, 5.41) is 3.95. The van der Waals surface area contributed by atoms with E-state index in [-0.39, 0.29) is 0 Å². The first-order valence-corrected chi connectivity index (χ1v) is 7.48. The highest BCUT2D eigenvalue weighted by atomic mass is 35.5. The minimum atomic E-state index is 0.542. The van der Waals surface area contributed by atoms with E-state index < -0.39 is 0 Å². The van der Waals surface area contributed by atoms with Gasteiger partial charge in [-0.25, -0.2) is 9.97 Å². The fourth-order valence-electron chi connectivity index (χ4n) is 2.59. The zero-order valence-corrected chi connectivity index (χ0v) is 12.6. The second-order valence-corrected chi connectivity index (χ2v) is 5.66. The molecule has 0 radical (unpaired) electrons. The van der Waals surface area contributed by atoms with Gasteiger partial charge in [0.05, 0.1) is 6.54 Å². The summed E-state index contributed by atoms with van der Waals surface area (Å²) >= 11 is 5.99. The van der Waals surface area contributed by atoms with Crippen LogP contribution in [0.25, 0.3) is 0 Å². The first kappa shape index (κ1) is 14.7.